The number of benzene rings is 2. The van der Waals surface area contributed by atoms with Crippen molar-refractivity contribution in [3.63, 3.8) is 0 Å². The van der Waals surface area contributed by atoms with Gasteiger partial charge in [0.1, 0.15) is 0 Å². The fraction of sp³-hybridized carbons (Fsp3) is 0.435. The summed E-state index contributed by atoms with van der Waals surface area (Å²) < 4.78 is 54.3. The van der Waals surface area contributed by atoms with Crippen molar-refractivity contribution in [3.8, 4) is 0 Å². The number of amides is 1. The lowest BCUT2D eigenvalue weighted by molar-refractivity contribution is -0.434. The van der Waals surface area contributed by atoms with Crippen molar-refractivity contribution in [1.82, 2.24) is 5.06 Å². The highest BCUT2D eigenvalue weighted by Gasteiger charge is 2.63. The second kappa shape index (κ2) is 9.80. The molecule has 168 valence electrons. The maximum Gasteiger partial charge on any atom is 0.448 e. The molecule has 1 aliphatic rings. The predicted octanol–water partition coefficient (Wildman–Crippen LogP) is 4.62. The highest BCUT2D eigenvalue weighted by atomic mass is 19.4. The number of hydrogen-bond acceptors (Lipinski definition) is 4. The number of halogens is 3. The molecule has 31 heavy (non-hydrogen) atoms. The van der Waals surface area contributed by atoms with Gasteiger partial charge in [0.2, 0.25) is 5.91 Å². The number of hydroxylamine groups is 2. The van der Waals surface area contributed by atoms with Crippen LogP contribution in [0.1, 0.15) is 30.4 Å². The number of aryl methyl sites for hydroxylation is 1. The van der Waals surface area contributed by atoms with E-state index >= 15 is 0 Å². The molecule has 5 nitrogen and oxygen atoms in total. The molecule has 2 aromatic rings. The molecule has 0 aliphatic carbocycles. The molecule has 0 radical (unpaired) electrons. The lowest BCUT2D eigenvalue weighted by Crippen LogP contribution is -2.56. The van der Waals surface area contributed by atoms with E-state index in [1.165, 1.54) is 38.4 Å². The van der Waals surface area contributed by atoms with Gasteiger partial charge in [0.05, 0.1) is 25.7 Å². The number of hydrogen-bond donors (Lipinski definition) is 0. The van der Waals surface area contributed by atoms with Crippen LogP contribution in [-0.2, 0) is 31.3 Å². The zero-order valence-corrected chi connectivity index (χ0v) is 17.5. The number of carbonyl (C=O) groups is 1. The maximum absolute atomic E-state index is 14.4. The third-order valence-corrected chi connectivity index (χ3v) is 5.34. The summed E-state index contributed by atoms with van der Waals surface area (Å²) in [6.45, 7) is 0. The van der Waals surface area contributed by atoms with Gasteiger partial charge >= 0.3 is 6.18 Å². The number of ether oxygens (including phenoxy) is 2. The molecule has 1 heterocycles. The van der Waals surface area contributed by atoms with Crippen molar-refractivity contribution in [2.75, 3.05) is 14.2 Å². The van der Waals surface area contributed by atoms with Crippen LogP contribution in [0.4, 0.5) is 13.2 Å². The Labute approximate surface area is 179 Å². The van der Waals surface area contributed by atoms with Gasteiger partial charge in [-0.05, 0) is 18.4 Å². The zero-order chi connectivity index (χ0) is 22.5. The van der Waals surface area contributed by atoms with E-state index in [1.54, 1.807) is 6.07 Å². The predicted molar refractivity (Wildman–Crippen MR) is 108 cm³/mol. The molecule has 0 N–H and O–H groups in total. The minimum Gasteiger partial charge on any atom is -0.335 e. The topological polar surface area (TPSA) is 48.0 Å². The first-order valence-electron chi connectivity index (χ1n) is 10.1. The first-order valence-corrected chi connectivity index (χ1v) is 10.1. The summed E-state index contributed by atoms with van der Waals surface area (Å²) in [7, 11) is 2.72. The first-order chi connectivity index (χ1) is 14.7. The van der Waals surface area contributed by atoms with E-state index in [0.717, 1.165) is 10.6 Å². The lowest BCUT2D eigenvalue weighted by atomic mass is 9.96. The summed E-state index contributed by atoms with van der Waals surface area (Å²) in [5.41, 5.74) is 0.853. The smallest absolute Gasteiger partial charge is 0.335 e. The standard InChI is InChI=1S/C23H26F3NO4/c1-27(29-2)21(28)16-20-15-19(14-13-17-9-5-3-6-10-17)30-22(31-20,23(24,25)26)18-11-7-4-8-12-18/h3-12,19-20H,13-16H2,1-2H3/t19?,20?,22-/m1/s1. The van der Waals surface area contributed by atoms with E-state index < -0.39 is 30.1 Å². The highest BCUT2D eigenvalue weighted by Crippen LogP contribution is 2.49. The molecule has 1 aliphatic heterocycles. The van der Waals surface area contributed by atoms with E-state index in [9.17, 15) is 18.0 Å². The van der Waals surface area contributed by atoms with E-state index in [4.69, 9.17) is 14.3 Å². The molecule has 8 heteroatoms. The summed E-state index contributed by atoms with van der Waals surface area (Å²) in [6, 6.07) is 16.8. The molecule has 3 atom stereocenters. The van der Waals surface area contributed by atoms with Crippen LogP contribution in [-0.4, -0.2) is 43.5 Å². The third kappa shape index (κ3) is 5.44. The Morgan fingerprint density at radius 2 is 1.65 bits per heavy atom. The van der Waals surface area contributed by atoms with E-state index in [2.05, 4.69) is 0 Å². The minimum absolute atomic E-state index is 0.149. The lowest BCUT2D eigenvalue weighted by Gasteiger charge is -2.45. The second-order valence-corrected chi connectivity index (χ2v) is 7.50. The summed E-state index contributed by atoms with van der Waals surface area (Å²) in [4.78, 5) is 17.2. The Bertz CT molecular complexity index is 847. The minimum atomic E-state index is -4.84. The van der Waals surface area contributed by atoms with Crippen LogP contribution in [0.15, 0.2) is 60.7 Å². The van der Waals surface area contributed by atoms with Crippen molar-refractivity contribution in [2.24, 2.45) is 0 Å². The van der Waals surface area contributed by atoms with Crippen LogP contribution in [0, 0.1) is 0 Å². The van der Waals surface area contributed by atoms with Gasteiger partial charge in [0, 0.05) is 19.0 Å². The largest absolute Gasteiger partial charge is 0.448 e. The number of nitrogens with zero attached hydrogens (tertiary/aromatic N) is 1. The summed E-state index contributed by atoms with van der Waals surface area (Å²) >= 11 is 0. The maximum atomic E-state index is 14.4. The average molecular weight is 437 g/mol. The second-order valence-electron chi connectivity index (χ2n) is 7.50. The Morgan fingerprint density at radius 3 is 2.23 bits per heavy atom. The van der Waals surface area contributed by atoms with E-state index in [-0.39, 0.29) is 18.4 Å². The quantitative estimate of drug-likeness (QED) is 0.593. The van der Waals surface area contributed by atoms with Gasteiger partial charge in [-0.15, -0.1) is 0 Å². The van der Waals surface area contributed by atoms with E-state index in [1.807, 2.05) is 30.3 Å². The van der Waals surface area contributed by atoms with Crippen molar-refractivity contribution in [1.29, 1.82) is 0 Å². The number of carbonyl (C=O) groups excluding carboxylic acids is 1. The van der Waals surface area contributed by atoms with Crippen LogP contribution in [0.3, 0.4) is 0 Å². The van der Waals surface area contributed by atoms with Gasteiger partial charge in [-0.3, -0.25) is 9.63 Å². The third-order valence-electron chi connectivity index (χ3n) is 5.34. The van der Waals surface area contributed by atoms with Crippen molar-refractivity contribution < 1.29 is 32.3 Å². The van der Waals surface area contributed by atoms with Gasteiger partial charge < -0.3 is 9.47 Å². The molecular formula is C23H26F3NO4. The summed E-state index contributed by atoms with van der Waals surface area (Å²) in [5, 5.41) is 0.982. The number of rotatable bonds is 7. The molecular weight excluding hydrogens is 411 g/mol. The van der Waals surface area contributed by atoms with Crippen molar-refractivity contribution in [2.45, 2.75) is 49.9 Å². The molecule has 2 unspecified atom stereocenters. The normalized spacial score (nSPS) is 24.0. The molecule has 0 aromatic heterocycles. The van der Waals surface area contributed by atoms with E-state index in [0.29, 0.717) is 12.8 Å². The fourth-order valence-corrected chi connectivity index (χ4v) is 3.68. The van der Waals surface area contributed by atoms with Gasteiger partial charge in [0.15, 0.2) is 0 Å². The summed E-state index contributed by atoms with van der Waals surface area (Å²) in [6.07, 6.45) is -5.74. The Hall–Kier alpha value is -2.42. The molecule has 0 saturated carbocycles. The Kier molecular flexibility index (Phi) is 7.35. The van der Waals surface area contributed by atoms with Crippen LogP contribution >= 0.6 is 0 Å². The molecule has 0 bridgehead atoms. The first kappa shape index (κ1) is 23.2. The van der Waals surface area contributed by atoms with Crippen LogP contribution in [0.25, 0.3) is 0 Å². The zero-order valence-electron chi connectivity index (χ0n) is 17.5. The van der Waals surface area contributed by atoms with Gasteiger partial charge in [-0.25, -0.2) is 5.06 Å². The van der Waals surface area contributed by atoms with Crippen LogP contribution in [0.2, 0.25) is 0 Å². The van der Waals surface area contributed by atoms with Gasteiger partial charge in [-0.1, -0.05) is 60.7 Å². The molecule has 0 spiro atoms. The van der Waals surface area contributed by atoms with Gasteiger partial charge in [0.25, 0.3) is 5.79 Å². The fourth-order valence-electron chi connectivity index (χ4n) is 3.68. The Morgan fingerprint density at radius 1 is 1.06 bits per heavy atom. The molecule has 1 amide bonds. The van der Waals surface area contributed by atoms with Crippen LogP contribution < -0.4 is 0 Å². The molecule has 1 fully saturated rings. The molecule has 2 aromatic carbocycles. The highest BCUT2D eigenvalue weighted by molar-refractivity contribution is 5.75. The van der Waals surface area contributed by atoms with Crippen LogP contribution in [0.5, 0.6) is 0 Å². The summed E-state index contributed by atoms with van der Waals surface area (Å²) in [5.74, 6) is -3.41. The SMILES string of the molecule is CON(C)C(=O)CC1CC(CCc2ccccc2)O[C@@](c2ccccc2)(C(F)(F)F)O1. The number of alkyl halides is 3. The molecule has 1 saturated heterocycles. The Balaban J connectivity index is 1.90. The van der Waals surface area contributed by atoms with Crippen molar-refractivity contribution >= 4 is 5.91 Å². The monoisotopic (exact) mass is 437 g/mol. The average Bonchev–Trinajstić information content (AvgIpc) is 2.77. The van der Waals surface area contributed by atoms with Crippen molar-refractivity contribution in [3.05, 3.63) is 71.8 Å². The van der Waals surface area contributed by atoms with Gasteiger partial charge in [-0.2, -0.15) is 13.2 Å². The molecule has 3 rings (SSSR count).